The number of carbonyl (C=O) groups excluding carboxylic acids is 1. The number of hydrogen-bond acceptors (Lipinski definition) is 2. The predicted molar refractivity (Wildman–Crippen MR) is 127 cm³/mol. The van der Waals surface area contributed by atoms with E-state index in [0.717, 1.165) is 18.4 Å². The first-order valence-electron chi connectivity index (χ1n) is 11.9. The van der Waals surface area contributed by atoms with Gasteiger partial charge in [-0.1, -0.05) is 49.8 Å². The first kappa shape index (κ1) is 23.6. The maximum Gasteiger partial charge on any atom is 0.339 e. The van der Waals surface area contributed by atoms with Crippen LogP contribution in [0.25, 0.3) is 5.57 Å². The van der Waals surface area contributed by atoms with Crippen LogP contribution in [0.5, 0.6) is 0 Å². The van der Waals surface area contributed by atoms with Gasteiger partial charge in [-0.2, -0.15) is 0 Å². The highest BCUT2D eigenvalue weighted by atomic mass is 19.2. The molecule has 0 aliphatic heterocycles. The average Bonchev–Trinajstić information content (AvgIpc) is 3.45. The zero-order valence-corrected chi connectivity index (χ0v) is 19.4. The van der Waals surface area contributed by atoms with Crippen LogP contribution in [0.2, 0.25) is 0 Å². The lowest BCUT2D eigenvalue weighted by Gasteiger charge is -2.32. The van der Waals surface area contributed by atoms with Crippen molar-refractivity contribution in [3.63, 3.8) is 0 Å². The molecule has 0 aromatic heterocycles. The molecule has 0 bridgehead atoms. The largest absolute Gasteiger partial charge is 0.447 e. The van der Waals surface area contributed by atoms with Gasteiger partial charge in [0.15, 0.2) is 24.1 Å². The highest BCUT2D eigenvalue weighted by Crippen LogP contribution is 2.63. The number of benzene rings is 2. The third-order valence-electron chi connectivity index (χ3n) is 7.25. The summed E-state index contributed by atoms with van der Waals surface area (Å²) in [7, 11) is 0. The lowest BCUT2D eigenvalue weighted by atomic mass is 9.77. The Balaban J connectivity index is 1.43. The van der Waals surface area contributed by atoms with Gasteiger partial charge < -0.3 is 4.74 Å². The number of ether oxygens (including phenoxy) is 1. The molecule has 2 nitrogen and oxygen atoms in total. The lowest BCUT2D eigenvalue weighted by Crippen LogP contribution is -2.30. The van der Waals surface area contributed by atoms with Gasteiger partial charge in [0.05, 0.1) is 11.5 Å². The molecule has 2 aromatic carbocycles. The molecule has 0 N–H and O–H groups in total. The number of rotatable bonds is 7. The fourth-order valence-electron chi connectivity index (χ4n) is 5.34. The molecule has 3 aliphatic carbocycles. The Hall–Kier alpha value is -3.15. The molecule has 0 radical (unpaired) electrons. The summed E-state index contributed by atoms with van der Waals surface area (Å²) in [5.74, 6) is -2.62. The van der Waals surface area contributed by atoms with E-state index in [1.54, 1.807) is 42.5 Å². The average molecular weight is 483 g/mol. The first-order chi connectivity index (χ1) is 16.8. The molecule has 0 spiro atoms. The number of esters is 1. The molecule has 6 heteroatoms. The zero-order valence-electron chi connectivity index (χ0n) is 19.4. The van der Waals surface area contributed by atoms with Crippen LogP contribution >= 0.6 is 0 Å². The highest BCUT2D eigenvalue weighted by Gasteiger charge is 2.73. The maximum atomic E-state index is 15.4. The van der Waals surface area contributed by atoms with Crippen LogP contribution in [0.3, 0.4) is 0 Å². The van der Waals surface area contributed by atoms with Crippen molar-refractivity contribution in [3.8, 4) is 0 Å². The minimum absolute atomic E-state index is 0.102. The molecule has 1 saturated carbocycles. The fourth-order valence-corrected chi connectivity index (χ4v) is 5.34. The van der Waals surface area contributed by atoms with Crippen LogP contribution in [0.4, 0.5) is 17.6 Å². The van der Waals surface area contributed by atoms with Crippen LogP contribution in [0.15, 0.2) is 66.8 Å². The Bertz CT molecular complexity index is 1250. The fraction of sp³-hybridized carbons (Fsp3) is 0.345. The molecule has 1 fully saturated rings. The third kappa shape index (κ3) is 3.65. The Morgan fingerprint density at radius 2 is 1.83 bits per heavy atom. The number of allylic oxidation sites excluding steroid dienone is 3. The summed E-state index contributed by atoms with van der Waals surface area (Å²) in [5, 5.41) is 0. The first-order valence-corrected chi connectivity index (χ1v) is 11.9. The Morgan fingerprint density at radius 3 is 2.51 bits per heavy atom. The number of fused-ring (bicyclic) bond motifs is 4. The van der Waals surface area contributed by atoms with Crippen LogP contribution < -0.4 is 0 Å². The van der Waals surface area contributed by atoms with Gasteiger partial charge in [-0.15, -0.1) is 6.58 Å². The van der Waals surface area contributed by atoms with E-state index < -0.39 is 41.8 Å². The van der Waals surface area contributed by atoms with E-state index in [1.807, 2.05) is 6.92 Å². The van der Waals surface area contributed by atoms with Crippen molar-refractivity contribution in [2.75, 3.05) is 0 Å². The third-order valence-corrected chi connectivity index (χ3v) is 7.25. The number of aryl methyl sites for hydroxylation is 2. The second-order valence-electron chi connectivity index (χ2n) is 9.40. The van der Waals surface area contributed by atoms with Crippen LogP contribution in [0, 0.1) is 11.7 Å². The van der Waals surface area contributed by atoms with E-state index in [1.165, 1.54) is 12.2 Å². The number of alkyl halides is 3. The van der Waals surface area contributed by atoms with Gasteiger partial charge in [-0.3, -0.25) is 0 Å². The Kier molecular flexibility index (Phi) is 5.94. The SMILES string of the molecule is C=CCCc1ccc(C(=O)OC23C=CC4=C(C(F)C(F)c5c4ccc(CCC)c5F)C2C3F)cc1. The van der Waals surface area contributed by atoms with Gasteiger partial charge in [-0.25, -0.2) is 22.4 Å². The molecule has 5 atom stereocenters. The van der Waals surface area contributed by atoms with Gasteiger partial charge in [0.25, 0.3) is 0 Å². The van der Waals surface area contributed by atoms with E-state index in [-0.39, 0.29) is 27.8 Å². The smallest absolute Gasteiger partial charge is 0.339 e. The number of halogens is 4. The van der Waals surface area contributed by atoms with E-state index >= 15 is 17.6 Å². The monoisotopic (exact) mass is 482 g/mol. The molecular weight excluding hydrogens is 456 g/mol. The minimum atomic E-state index is -2.25. The van der Waals surface area contributed by atoms with Gasteiger partial charge in [0, 0.05) is 5.56 Å². The van der Waals surface area contributed by atoms with Crippen LogP contribution in [-0.4, -0.2) is 23.9 Å². The second-order valence-corrected chi connectivity index (χ2v) is 9.40. The lowest BCUT2D eigenvalue weighted by molar-refractivity contribution is 0.0258. The van der Waals surface area contributed by atoms with Crippen molar-refractivity contribution in [1.82, 2.24) is 0 Å². The molecule has 35 heavy (non-hydrogen) atoms. The van der Waals surface area contributed by atoms with Gasteiger partial charge >= 0.3 is 5.97 Å². The molecule has 0 amide bonds. The van der Waals surface area contributed by atoms with Crippen molar-refractivity contribution in [1.29, 1.82) is 0 Å². The van der Waals surface area contributed by atoms with Gasteiger partial charge in [0.2, 0.25) is 0 Å². The molecule has 0 saturated heterocycles. The summed E-state index contributed by atoms with van der Waals surface area (Å²) < 4.78 is 66.3. The van der Waals surface area contributed by atoms with E-state index in [0.29, 0.717) is 18.4 Å². The number of hydrogen-bond donors (Lipinski definition) is 0. The molecule has 5 rings (SSSR count). The van der Waals surface area contributed by atoms with Crippen molar-refractivity contribution >= 4 is 11.5 Å². The maximum absolute atomic E-state index is 15.4. The predicted octanol–water partition coefficient (Wildman–Crippen LogP) is 7.15. The summed E-state index contributed by atoms with van der Waals surface area (Å²) in [6, 6.07) is 9.92. The molecule has 0 heterocycles. The molecule has 5 unspecified atom stereocenters. The Labute approximate surface area is 202 Å². The topological polar surface area (TPSA) is 26.3 Å². The number of carbonyl (C=O) groups is 1. The van der Waals surface area contributed by atoms with Crippen LogP contribution in [-0.2, 0) is 17.6 Å². The minimum Gasteiger partial charge on any atom is -0.447 e. The van der Waals surface area contributed by atoms with Gasteiger partial charge in [0.1, 0.15) is 5.82 Å². The van der Waals surface area contributed by atoms with Crippen molar-refractivity contribution in [2.24, 2.45) is 5.92 Å². The quantitative estimate of drug-likeness (QED) is 0.238. The summed E-state index contributed by atoms with van der Waals surface area (Å²) in [6.45, 7) is 5.56. The van der Waals surface area contributed by atoms with E-state index in [4.69, 9.17) is 4.74 Å². The van der Waals surface area contributed by atoms with Crippen molar-refractivity contribution in [2.45, 2.75) is 56.7 Å². The molecule has 2 aromatic rings. The summed E-state index contributed by atoms with van der Waals surface area (Å²) in [5.41, 5.74) is -0.00948. The second kappa shape index (κ2) is 8.81. The van der Waals surface area contributed by atoms with Gasteiger partial charge in [-0.05, 0) is 65.3 Å². The standard InChI is InChI=1S/C29H26F4O2/c1-3-5-7-16-8-10-18(11-9-16)28(34)35-29-15-14-20-19-13-12-17(6-4-2)24(30)22(19)26(32)25(31)21(20)23(29)27(29)33/h3,8-15,23,25-27H,1,4-7H2,2H3. The van der Waals surface area contributed by atoms with Crippen molar-refractivity contribution in [3.05, 3.63) is 100 Å². The van der Waals surface area contributed by atoms with E-state index in [2.05, 4.69) is 6.58 Å². The Morgan fingerprint density at radius 1 is 1.09 bits per heavy atom. The summed E-state index contributed by atoms with van der Waals surface area (Å²) in [6.07, 6.45) is 1.10. The summed E-state index contributed by atoms with van der Waals surface area (Å²) in [4.78, 5) is 12.8. The zero-order chi connectivity index (χ0) is 24.9. The summed E-state index contributed by atoms with van der Waals surface area (Å²) >= 11 is 0. The van der Waals surface area contributed by atoms with Crippen LogP contribution in [0.1, 0.15) is 58.5 Å². The highest BCUT2D eigenvalue weighted by molar-refractivity contribution is 5.91. The molecule has 3 aliphatic rings. The normalized spacial score (nSPS) is 28.1. The molecular formula is C29H26F4O2. The van der Waals surface area contributed by atoms with Crippen molar-refractivity contribution < 1.29 is 27.1 Å². The van der Waals surface area contributed by atoms with E-state index in [9.17, 15) is 4.79 Å². The molecule has 182 valence electrons.